The predicted octanol–water partition coefficient (Wildman–Crippen LogP) is 4.86. The Morgan fingerprint density at radius 3 is 2.38 bits per heavy atom. The van der Waals surface area contributed by atoms with Crippen LogP contribution in [0.3, 0.4) is 0 Å². The van der Waals surface area contributed by atoms with Gasteiger partial charge >= 0.3 is 0 Å². The molecule has 2 aromatic rings. The van der Waals surface area contributed by atoms with Crippen LogP contribution in [0.25, 0.3) is 0 Å². The molecule has 0 saturated heterocycles. The van der Waals surface area contributed by atoms with Crippen molar-refractivity contribution in [2.45, 2.75) is 26.2 Å². The summed E-state index contributed by atoms with van der Waals surface area (Å²) in [7, 11) is 3.24. The number of aryl methyl sites for hydroxylation is 1. The first-order valence-electron chi connectivity index (χ1n) is 8.05. The Morgan fingerprint density at radius 2 is 1.75 bits per heavy atom. The van der Waals surface area contributed by atoms with E-state index in [9.17, 15) is 0 Å². The van der Waals surface area contributed by atoms with Crippen molar-refractivity contribution in [3.63, 3.8) is 0 Å². The fourth-order valence-electron chi connectivity index (χ4n) is 2.32. The molecule has 5 heteroatoms. The first kappa shape index (κ1) is 18.1. The number of hydrogen-bond acceptors (Lipinski definition) is 3. The van der Waals surface area contributed by atoms with Crippen molar-refractivity contribution in [2.75, 3.05) is 24.9 Å². The van der Waals surface area contributed by atoms with Gasteiger partial charge in [0.25, 0.3) is 0 Å². The van der Waals surface area contributed by atoms with Gasteiger partial charge in [0.1, 0.15) is 11.5 Å². The summed E-state index contributed by atoms with van der Waals surface area (Å²) >= 11 is 5.38. The van der Waals surface area contributed by atoms with Crippen molar-refractivity contribution >= 4 is 28.7 Å². The number of methoxy groups -OCH3 is 2. The molecule has 2 N–H and O–H groups in total. The van der Waals surface area contributed by atoms with Crippen LogP contribution in [-0.2, 0) is 6.42 Å². The third kappa shape index (κ3) is 5.13. The highest BCUT2D eigenvalue weighted by molar-refractivity contribution is 7.80. The predicted molar refractivity (Wildman–Crippen MR) is 104 cm³/mol. The van der Waals surface area contributed by atoms with Crippen LogP contribution in [0.4, 0.5) is 11.4 Å². The Balaban J connectivity index is 1.98. The molecule has 0 saturated carbocycles. The Labute approximate surface area is 149 Å². The maximum absolute atomic E-state index is 5.38. The first-order chi connectivity index (χ1) is 11.7. The van der Waals surface area contributed by atoms with E-state index in [-0.39, 0.29) is 0 Å². The first-order valence-corrected chi connectivity index (χ1v) is 8.46. The molecule has 2 rings (SSSR count). The number of unbranched alkanes of at least 4 members (excludes halogenated alkanes) is 1. The Kier molecular flexibility index (Phi) is 6.88. The van der Waals surface area contributed by atoms with Crippen molar-refractivity contribution in [3.8, 4) is 11.5 Å². The lowest BCUT2D eigenvalue weighted by Crippen LogP contribution is -2.19. The van der Waals surface area contributed by atoms with E-state index in [0.717, 1.165) is 23.5 Å². The zero-order valence-corrected chi connectivity index (χ0v) is 15.2. The normalized spacial score (nSPS) is 10.1. The van der Waals surface area contributed by atoms with Crippen LogP contribution in [-0.4, -0.2) is 19.3 Å². The van der Waals surface area contributed by atoms with Crippen molar-refractivity contribution in [1.82, 2.24) is 0 Å². The number of rotatable bonds is 7. The van der Waals surface area contributed by atoms with Gasteiger partial charge in [-0.05, 0) is 54.9 Å². The molecule has 0 fully saturated rings. The number of nitrogens with one attached hydrogen (secondary N) is 2. The summed E-state index contributed by atoms with van der Waals surface area (Å²) in [5.41, 5.74) is 3.09. The van der Waals surface area contributed by atoms with E-state index in [2.05, 4.69) is 29.7 Å². The molecule has 0 heterocycles. The van der Waals surface area contributed by atoms with Crippen molar-refractivity contribution in [1.29, 1.82) is 0 Å². The monoisotopic (exact) mass is 344 g/mol. The Morgan fingerprint density at radius 1 is 1.00 bits per heavy atom. The highest BCUT2D eigenvalue weighted by atomic mass is 32.1. The number of anilines is 2. The minimum absolute atomic E-state index is 0.514. The van der Waals surface area contributed by atoms with Gasteiger partial charge in [0.2, 0.25) is 0 Å². The molecule has 0 aromatic heterocycles. The smallest absolute Gasteiger partial charge is 0.175 e. The maximum Gasteiger partial charge on any atom is 0.175 e. The van der Waals surface area contributed by atoms with Crippen LogP contribution in [0.15, 0.2) is 42.5 Å². The van der Waals surface area contributed by atoms with Gasteiger partial charge < -0.3 is 20.1 Å². The molecule has 0 unspecified atom stereocenters. The van der Waals surface area contributed by atoms with E-state index in [0.29, 0.717) is 10.9 Å². The molecule has 0 aliphatic heterocycles. The largest absolute Gasteiger partial charge is 0.497 e. The minimum atomic E-state index is 0.514. The van der Waals surface area contributed by atoms with Crippen LogP contribution in [0.1, 0.15) is 25.3 Å². The average molecular weight is 344 g/mol. The third-order valence-electron chi connectivity index (χ3n) is 3.69. The molecule has 0 radical (unpaired) electrons. The van der Waals surface area contributed by atoms with Crippen LogP contribution in [0.2, 0.25) is 0 Å². The second-order valence-corrected chi connectivity index (χ2v) is 5.85. The molecule has 0 bridgehead atoms. The summed E-state index contributed by atoms with van der Waals surface area (Å²) in [6, 6.07) is 13.9. The lowest BCUT2D eigenvalue weighted by Gasteiger charge is -2.14. The zero-order valence-electron chi connectivity index (χ0n) is 14.4. The second kappa shape index (κ2) is 9.13. The van der Waals surface area contributed by atoms with Gasteiger partial charge in [-0.25, -0.2) is 0 Å². The van der Waals surface area contributed by atoms with Crippen molar-refractivity contribution < 1.29 is 9.47 Å². The summed E-state index contributed by atoms with van der Waals surface area (Å²) in [4.78, 5) is 0. The molecule has 0 aliphatic carbocycles. The van der Waals surface area contributed by atoms with Crippen LogP contribution >= 0.6 is 12.2 Å². The van der Waals surface area contributed by atoms with E-state index in [1.54, 1.807) is 14.2 Å². The lowest BCUT2D eigenvalue weighted by atomic mass is 10.1. The Hall–Kier alpha value is -2.27. The summed E-state index contributed by atoms with van der Waals surface area (Å²) in [6.45, 7) is 2.20. The highest BCUT2D eigenvalue weighted by Crippen LogP contribution is 2.29. The van der Waals surface area contributed by atoms with Gasteiger partial charge in [0.15, 0.2) is 5.11 Å². The van der Waals surface area contributed by atoms with Crippen LogP contribution in [0, 0.1) is 0 Å². The molecule has 128 valence electrons. The van der Waals surface area contributed by atoms with E-state index in [1.807, 2.05) is 30.3 Å². The molecule has 4 nitrogen and oxygen atoms in total. The molecule has 24 heavy (non-hydrogen) atoms. The lowest BCUT2D eigenvalue weighted by molar-refractivity contribution is 0.395. The fourth-order valence-corrected chi connectivity index (χ4v) is 2.55. The summed E-state index contributed by atoms with van der Waals surface area (Å²) < 4.78 is 10.6. The van der Waals surface area contributed by atoms with Crippen LogP contribution in [0.5, 0.6) is 11.5 Å². The highest BCUT2D eigenvalue weighted by Gasteiger charge is 2.07. The van der Waals surface area contributed by atoms with Crippen molar-refractivity contribution in [3.05, 3.63) is 48.0 Å². The third-order valence-corrected chi connectivity index (χ3v) is 3.89. The maximum atomic E-state index is 5.38. The summed E-state index contributed by atoms with van der Waals surface area (Å²) in [5, 5.41) is 6.85. The quantitative estimate of drug-likeness (QED) is 0.703. The van der Waals surface area contributed by atoms with E-state index in [1.165, 1.54) is 18.4 Å². The van der Waals surface area contributed by atoms with E-state index in [4.69, 9.17) is 21.7 Å². The Bertz CT molecular complexity index is 672. The molecular formula is C19H24N2O2S. The van der Waals surface area contributed by atoms with Gasteiger partial charge in [-0.1, -0.05) is 25.5 Å². The van der Waals surface area contributed by atoms with E-state index >= 15 is 0 Å². The number of hydrogen-bond donors (Lipinski definition) is 2. The van der Waals surface area contributed by atoms with Gasteiger partial charge in [-0.2, -0.15) is 0 Å². The van der Waals surface area contributed by atoms with Gasteiger partial charge in [0, 0.05) is 11.8 Å². The van der Waals surface area contributed by atoms with Crippen molar-refractivity contribution in [2.24, 2.45) is 0 Å². The van der Waals surface area contributed by atoms with E-state index < -0.39 is 0 Å². The number of benzene rings is 2. The van der Waals surface area contributed by atoms with Crippen LogP contribution < -0.4 is 20.1 Å². The zero-order chi connectivity index (χ0) is 17.4. The number of ether oxygens (including phenoxy) is 2. The average Bonchev–Trinajstić information content (AvgIpc) is 2.61. The number of thiocarbonyl (C=S) groups is 1. The molecule has 0 aliphatic rings. The van der Waals surface area contributed by atoms with Gasteiger partial charge in [0.05, 0.1) is 19.9 Å². The topological polar surface area (TPSA) is 42.5 Å². The SMILES string of the molecule is CCCCc1ccc(NC(=S)Nc2ccc(OC)cc2OC)cc1. The molecular weight excluding hydrogens is 320 g/mol. The second-order valence-electron chi connectivity index (χ2n) is 5.45. The van der Waals surface area contributed by atoms with Gasteiger partial charge in [-0.15, -0.1) is 0 Å². The molecule has 0 spiro atoms. The standard InChI is InChI=1S/C19H24N2O2S/c1-4-5-6-14-7-9-15(10-8-14)20-19(24)21-17-12-11-16(22-2)13-18(17)23-3/h7-13H,4-6H2,1-3H3,(H2,20,21,24). The summed E-state index contributed by atoms with van der Waals surface area (Å²) in [6.07, 6.45) is 3.53. The molecule has 2 aromatic carbocycles. The van der Waals surface area contributed by atoms with Gasteiger partial charge in [-0.3, -0.25) is 0 Å². The molecule has 0 atom stereocenters. The summed E-state index contributed by atoms with van der Waals surface area (Å²) in [5.74, 6) is 1.41. The molecule has 0 amide bonds. The fraction of sp³-hybridized carbons (Fsp3) is 0.316. The minimum Gasteiger partial charge on any atom is -0.497 e.